The second-order valence-electron chi connectivity index (χ2n) is 4.90. The van der Waals surface area contributed by atoms with Gasteiger partial charge in [0.25, 0.3) is 0 Å². The van der Waals surface area contributed by atoms with Gasteiger partial charge in [-0.25, -0.2) is 9.67 Å². The van der Waals surface area contributed by atoms with Gasteiger partial charge in [0, 0.05) is 18.0 Å². The average Bonchev–Trinajstić information content (AvgIpc) is 2.87. The van der Waals surface area contributed by atoms with Gasteiger partial charge in [-0.1, -0.05) is 12.1 Å². The van der Waals surface area contributed by atoms with Crippen molar-refractivity contribution >= 4 is 5.69 Å². The molecule has 0 spiro atoms. The minimum Gasteiger partial charge on any atom is -0.495 e. The standard InChI is InChI=1S/C14H20N4O2/c1-9(2)18-13(16-8-17-18)7-11(19)10-5-4-6-12(20-3)14(10)15/h4-6,8-9,11,19H,7,15H2,1-3H3. The summed E-state index contributed by atoms with van der Waals surface area (Å²) in [6.07, 6.45) is 1.11. The lowest BCUT2D eigenvalue weighted by Gasteiger charge is -2.16. The number of nitrogen functional groups attached to an aromatic ring is 1. The normalized spacial score (nSPS) is 12.7. The van der Waals surface area contributed by atoms with Crippen LogP contribution in [0, 0.1) is 0 Å². The van der Waals surface area contributed by atoms with Crippen LogP contribution in [-0.2, 0) is 6.42 Å². The fraction of sp³-hybridized carbons (Fsp3) is 0.429. The molecule has 0 aliphatic heterocycles. The number of hydrogen-bond acceptors (Lipinski definition) is 5. The van der Waals surface area contributed by atoms with Gasteiger partial charge in [-0.15, -0.1) is 0 Å². The van der Waals surface area contributed by atoms with Crippen LogP contribution in [-0.4, -0.2) is 27.0 Å². The van der Waals surface area contributed by atoms with Crippen molar-refractivity contribution in [2.75, 3.05) is 12.8 Å². The molecular weight excluding hydrogens is 256 g/mol. The van der Waals surface area contributed by atoms with Crippen LogP contribution in [0.3, 0.4) is 0 Å². The Morgan fingerprint density at radius 2 is 2.15 bits per heavy atom. The van der Waals surface area contributed by atoms with E-state index in [9.17, 15) is 5.11 Å². The Labute approximate surface area is 118 Å². The Morgan fingerprint density at radius 1 is 1.40 bits per heavy atom. The molecule has 0 aliphatic rings. The summed E-state index contributed by atoms with van der Waals surface area (Å²) in [4.78, 5) is 4.19. The molecule has 3 N–H and O–H groups in total. The molecule has 2 rings (SSSR count). The zero-order chi connectivity index (χ0) is 14.7. The van der Waals surface area contributed by atoms with E-state index in [1.165, 1.54) is 6.33 Å². The maximum atomic E-state index is 10.4. The van der Waals surface area contributed by atoms with Crippen molar-refractivity contribution in [2.45, 2.75) is 32.4 Å². The summed E-state index contributed by atoms with van der Waals surface area (Å²) >= 11 is 0. The number of aliphatic hydroxyl groups excluding tert-OH is 1. The van der Waals surface area contributed by atoms with Crippen LogP contribution in [0.15, 0.2) is 24.5 Å². The number of anilines is 1. The van der Waals surface area contributed by atoms with Crippen molar-refractivity contribution in [3.05, 3.63) is 35.9 Å². The maximum absolute atomic E-state index is 10.4. The van der Waals surface area contributed by atoms with Crippen LogP contribution in [0.2, 0.25) is 0 Å². The molecule has 0 saturated heterocycles. The molecule has 0 saturated carbocycles. The minimum atomic E-state index is -0.744. The highest BCUT2D eigenvalue weighted by molar-refractivity contribution is 5.59. The lowest BCUT2D eigenvalue weighted by molar-refractivity contribution is 0.174. The highest BCUT2D eigenvalue weighted by Crippen LogP contribution is 2.30. The van der Waals surface area contributed by atoms with Gasteiger partial charge in [0.15, 0.2) is 0 Å². The Bertz CT molecular complexity index is 580. The largest absolute Gasteiger partial charge is 0.495 e. The number of benzene rings is 1. The van der Waals surface area contributed by atoms with Gasteiger partial charge in [-0.3, -0.25) is 0 Å². The zero-order valence-corrected chi connectivity index (χ0v) is 11.9. The van der Waals surface area contributed by atoms with Crippen LogP contribution < -0.4 is 10.5 Å². The molecule has 0 fully saturated rings. The lowest BCUT2D eigenvalue weighted by atomic mass is 10.0. The van der Waals surface area contributed by atoms with Crippen molar-refractivity contribution in [3.8, 4) is 5.75 Å². The van der Waals surface area contributed by atoms with Crippen molar-refractivity contribution in [3.63, 3.8) is 0 Å². The van der Waals surface area contributed by atoms with E-state index in [-0.39, 0.29) is 6.04 Å². The Balaban J connectivity index is 2.24. The third-order valence-corrected chi connectivity index (χ3v) is 3.19. The summed E-state index contributed by atoms with van der Waals surface area (Å²) < 4.78 is 6.95. The number of methoxy groups -OCH3 is 1. The molecule has 6 heteroatoms. The predicted molar refractivity (Wildman–Crippen MR) is 76.5 cm³/mol. The molecule has 6 nitrogen and oxygen atoms in total. The summed E-state index contributed by atoms with van der Waals surface area (Å²) in [5, 5.41) is 14.5. The van der Waals surface area contributed by atoms with Crippen molar-refractivity contribution in [1.29, 1.82) is 0 Å². The number of aromatic nitrogens is 3. The van der Waals surface area contributed by atoms with E-state index in [1.807, 2.05) is 13.8 Å². The van der Waals surface area contributed by atoms with E-state index >= 15 is 0 Å². The van der Waals surface area contributed by atoms with E-state index in [1.54, 1.807) is 30.0 Å². The van der Waals surface area contributed by atoms with Crippen LogP contribution in [0.4, 0.5) is 5.69 Å². The predicted octanol–water partition coefficient (Wildman–Crippen LogP) is 1.73. The first kappa shape index (κ1) is 14.3. The summed E-state index contributed by atoms with van der Waals surface area (Å²) in [5.41, 5.74) is 7.09. The fourth-order valence-electron chi connectivity index (χ4n) is 2.16. The van der Waals surface area contributed by atoms with E-state index in [2.05, 4.69) is 10.1 Å². The van der Waals surface area contributed by atoms with Gasteiger partial charge in [0.1, 0.15) is 17.9 Å². The molecule has 0 aliphatic carbocycles. The van der Waals surface area contributed by atoms with Gasteiger partial charge in [0.2, 0.25) is 0 Å². The lowest BCUT2D eigenvalue weighted by Crippen LogP contribution is -2.13. The summed E-state index contributed by atoms with van der Waals surface area (Å²) in [6, 6.07) is 5.56. The van der Waals surface area contributed by atoms with E-state index in [4.69, 9.17) is 10.5 Å². The molecule has 1 aromatic carbocycles. The van der Waals surface area contributed by atoms with Crippen molar-refractivity contribution in [1.82, 2.24) is 14.8 Å². The van der Waals surface area contributed by atoms with Crippen LogP contribution >= 0.6 is 0 Å². The van der Waals surface area contributed by atoms with Gasteiger partial charge in [-0.2, -0.15) is 5.10 Å². The highest BCUT2D eigenvalue weighted by atomic mass is 16.5. The number of rotatable bonds is 5. The molecule has 1 atom stereocenters. The van der Waals surface area contributed by atoms with Gasteiger partial charge < -0.3 is 15.6 Å². The Hall–Kier alpha value is -2.08. The molecule has 1 aromatic heterocycles. The molecule has 0 radical (unpaired) electrons. The number of para-hydroxylation sites is 1. The minimum absolute atomic E-state index is 0.197. The maximum Gasteiger partial charge on any atom is 0.142 e. The van der Waals surface area contributed by atoms with E-state index < -0.39 is 6.10 Å². The zero-order valence-electron chi connectivity index (χ0n) is 11.9. The number of nitrogens with zero attached hydrogens (tertiary/aromatic N) is 3. The second-order valence-corrected chi connectivity index (χ2v) is 4.90. The first-order valence-electron chi connectivity index (χ1n) is 6.53. The number of hydrogen-bond donors (Lipinski definition) is 2. The number of aliphatic hydroxyl groups is 1. The van der Waals surface area contributed by atoms with Crippen LogP contribution in [0.25, 0.3) is 0 Å². The third-order valence-electron chi connectivity index (χ3n) is 3.19. The highest BCUT2D eigenvalue weighted by Gasteiger charge is 2.18. The van der Waals surface area contributed by atoms with Gasteiger partial charge in [-0.05, 0) is 19.9 Å². The summed E-state index contributed by atoms with van der Waals surface area (Å²) in [6.45, 7) is 4.04. The Morgan fingerprint density at radius 3 is 2.80 bits per heavy atom. The molecule has 0 bridgehead atoms. The number of ether oxygens (including phenoxy) is 1. The molecular formula is C14H20N4O2. The SMILES string of the molecule is COc1cccc(C(O)Cc2ncnn2C(C)C)c1N. The van der Waals surface area contributed by atoms with Gasteiger partial charge in [0.05, 0.1) is 18.9 Å². The van der Waals surface area contributed by atoms with E-state index in [0.717, 1.165) is 5.82 Å². The summed E-state index contributed by atoms with van der Waals surface area (Å²) in [7, 11) is 1.55. The molecule has 2 aromatic rings. The second kappa shape index (κ2) is 5.92. The van der Waals surface area contributed by atoms with Crippen LogP contribution in [0.5, 0.6) is 5.75 Å². The van der Waals surface area contributed by atoms with Crippen LogP contribution in [0.1, 0.15) is 37.4 Å². The van der Waals surface area contributed by atoms with E-state index in [0.29, 0.717) is 23.4 Å². The monoisotopic (exact) mass is 276 g/mol. The quantitative estimate of drug-likeness (QED) is 0.812. The molecule has 108 valence electrons. The van der Waals surface area contributed by atoms with Crippen molar-refractivity contribution < 1.29 is 9.84 Å². The molecule has 20 heavy (non-hydrogen) atoms. The molecule has 0 amide bonds. The van der Waals surface area contributed by atoms with Gasteiger partial charge >= 0.3 is 0 Å². The fourth-order valence-corrected chi connectivity index (χ4v) is 2.16. The smallest absolute Gasteiger partial charge is 0.142 e. The molecule has 1 unspecified atom stereocenters. The third kappa shape index (κ3) is 2.75. The first-order chi connectivity index (χ1) is 9.54. The first-order valence-corrected chi connectivity index (χ1v) is 6.53. The van der Waals surface area contributed by atoms with Crippen molar-refractivity contribution in [2.24, 2.45) is 0 Å². The number of nitrogens with two attached hydrogens (primary N) is 1. The molecule has 1 heterocycles. The average molecular weight is 276 g/mol. The topological polar surface area (TPSA) is 86.2 Å². The summed E-state index contributed by atoms with van der Waals surface area (Å²) in [5.74, 6) is 1.29. The Kier molecular flexibility index (Phi) is 4.24.